The number of benzene rings is 1. The molecule has 37 heavy (non-hydrogen) atoms. The third-order valence-corrected chi connectivity index (χ3v) is 10.7. The summed E-state index contributed by atoms with van der Waals surface area (Å²) in [5.41, 5.74) is 1.77. The van der Waals surface area contributed by atoms with Crippen molar-refractivity contribution in [3.8, 4) is 0 Å². The Labute approximate surface area is 220 Å². The molecule has 2 saturated heterocycles. The molecule has 1 amide bonds. The molecule has 1 aromatic heterocycles. The summed E-state index contributed by atoms with van der Waals surface area (Å²) < 4.78 is 27.1. The van der Waals surface area contributed by atoms with Gasteiger partial charge in [0.25, 0.3) is 5.91 Å². The first kappa shape index (κ1) is 26.0. The van der Waals surface area contributed by atoms with Gasteiger partial charge in [-0.3, -0.25) is 4.79 Å². The number of piperidine rings is 1. The van der Waals surface area contributed by atoms with Crippen molar-refractivity contribution in [1.29, 1.82) is 4.78 Å². The molecule has 2 aromatic rings. The third kappa shape index (κ3) is 5.34. The summed E-state index contributed by atoms with van der Waals surface area (Å²) in [4.78, 5) is 23.2. The van der Waals surface area contributed by atoms with E-state index in [9.17, 15) is 9.00 Å². The van der Waals surface area contributed by atoms with E-state index in [1.807, 2.05) is 45.9 Å². The minimum atomic E-state index is -3.06. The number of aromatic nitrogens is 1. The van der Waals surface area contributed by atoms with Crippen molar-refractivity contribution in [2.45, 2.75) is 69.1 Å². The van der Waals surface area contributed by atoms with Crippen LogP contribution in [0.5, 0.6) is 0 Å². The Morgan fingerprint density at radius 3 is 2.49 bits per heavy atom. The lowest BCUT2D eigenvalue weighted by molar-refractivity contribution is 0.0529. The fourth-order valence-corrected chi connectivity index (χ4v) is 6.52. The molecule has 3 fully saturated rings. The Hall–Kier alpha value is -2.65. The molecule has 1 aliphatic carbocycles. The highest BCUT2D eigenvalue weighted by Gasteiger charge is 2.44. The third-order valence-electron chi connectivity index (χ3n) is 8.07. The van der Waals surface area contributed by atoms with Crippen molar-refractivity contribution in [3.63, 3.8) is 0 Å². The molecular weight excluding hydrogens is 486 g/mol. The molecule has 200 valence electrons. The first-order valence-corrected chi connectivity index (χ1v) is 14.9. The van der Waals surface area contributed by atoms with Gasteiger partial charge < -0.3 is 19.9 Å². The summed E-state index contributed by atoms with van der Waals surface area (Å²) in [5.74, 6) is 1.06. The van der Waals surface area contributed by atoms with E-state index in [2.05, 4.69) is 15.1 Å². The number of nitrogens with zero attached hydrogens (tertiary/aromatic N) is 3. The highest BCUT2D eigenvalue weighted by molar-refractivity contribution is 7.93. The van der Waals surface area contributed by atoms with Gasteiger partial charge in [0.05, 0.1) is 33.7 Å². The standard InChI is InChI=1S/C28H39N5O3S/c1-20-19-33(16-17-36-20)25-7-5-6-24(30-25)31-26(34)22-9-8-21(37(29,35)27(2,3)4)18-23(22)32-14-12-28(10-11-28)13-15-32/h5-9,18,20,29H,10-17,19H2,1-4H3,(H,30,31,34)/t20-,37+/m1/s1. The SMILES string of the molecule is C[C@@H]1CN(c2cccc(NC(=O)c3ccc([S@](=N)(=O)C(C)(C)C)cc3N3CCC4(CC3)CC4)n2)CCO1. The van der Waals surface area contributed by atoms with Crippen LogP contribution in [0, 0.1) is 10.2 Å². The number of rotatable bonds is 5. The van der Waals surface area contributed by atoms with Crippen LogP contribution in [0.25, 0.3) is 0 Å². The molecule has 8 nitrogen and oxygen atoms in total. The Balaban J connectivity index is 1.43. The molecule has 2 atom stereocenters. The van der Waals surface area contributed by atoms with E-state index >= 15 is 0 Å². The van der Waals surface area contributed by atoms with Gasteiger partial charge in [-0.05, 0) is 89.1 Å². The van der Waals surface area contributed by atoms with Crippen LogP contribution in [0.15, 0.2) is 41.3 Å². The van der Waals surface area contributed by atoms with E-state index in [4.69, 9.17) is 14.5 Å². The number of morpholine rings is 1. The number of carbonyl (C=O) groups is 1. The molecule has 2 aliphatic heterocycles. The van der Waals surface area contributed by atoms with E-state index in [-0.39, 0.29) is 12.0 Å². The molecule has 1 saturated carbocycles. The first-order chi connectivity index (χ1) is 17.5. The van der Waals surface area contributed by atoms with Crippen molar-refractivity contribution < 1.29 is 13.7 Å². The number of pyridine rings is 1. The number of nitrogens with one attached hydrogen (secondary N) is 2. The molecule has 1 aromatic carbocycles. The first-order valence-electron chi connectivity index (χ1n) is 13.3. The van der Waals surface area contributed by atoms with Crippen molar-refractivity contribution in [3.05, 3.63) is 42.0 Å². The van der Waals surface area contributed by atoms with Crippen molar-refractivity contribution in [2.75, 3.05) is 47.9 Å². The number of amides is 1. The van der Waals surface area contributed by atoms with Gasteiger partial charge in [-0.1, -0.05) is 6.07 Å². The topological polar surface area (TPSA) is 98.6 Å². The van der Waals surface area contributed by atoms with Crippen LogP contribution in [0.1, 0.15) is 63.7 Å². The number of hydrogen-bond donors (Lipinski definition) is 2. The highest BCUT2D eigenvalue weighted by atomic mass is 32.2. The van der Waals surface area contributed by atoms with Gasteiger partial charge in [-0.25, -0.2) is 14.0 Å². The Kier molecular flexibility index (Phi) is 6.73. The van der Waals surface area contributed by atoms with Gasteiger partial charge in [-0.2, -0.15) is 0 Å². The van der Waals surface area contributed by atoms with Crippen LogP contribution in [-0.4, -0.2) is 58.7 Å². The fraction of sp³-hybridized carbons (Fsp3) is 0.571. The van der Waals surface area contributed by atoms with E-state index in [1.165, 1.54) is 12.8 Å². The molecule has 0 bridgehead atoms. The average molecular weight is 526 g/mol. The van der Waals surface area contributed by atoms with Crippen LogP contribution < -0.4 is 15.1 Å². The molecule has 1 spiro atoms. The quantitative estimate of drug-likeness (QED) is 0.561. The molecular formula is C28H39N5O3S. The fourth-order valence-electron chi connectivity index (χ4n) is 5.28. The number of hydrogen-bond acceptors (Lipinski definition) is 7. The molecule has 0 unspecified atom stereocenters. The van der Waals surface area contributed by atoms with Crippen molar-refractivity contribution >= 4 is 33.0 Å². The van der Waals surface area contributed by atoms with Crippen molar-refractivity contribution in [2.24, 2.45) is 5.41 Å². The van der Waals surface area contributed by atoms with Gasteiger partial charge in [0.15, 0.2) is 0 Å². The van der Waals surface area contributed by atoms with Crippen LogP contribution >= 0.6 is 0 Å². The molecule has 2 N–H and O–H groups in total. The molecule has 5 rings (SSSR count). The smallest absolute Gasteiger partial charge is 0.258 e. The largest absolute Gasteiger partial charge is 0.375 e. The summed E-state index contributed by atoms with van der Waals surface area (Å²) >= 11 is 0. The summed E-state index contributed by atoms with van der Waals surface area (Å²) in [6, 6.07) is 10.9. The molecule has 3 aliphatic rings. The predicted molar refractivity (Wildman–Crippen MR) is 148 cm³/mol. The zero-order valence-corrected chi connectivity index (χ0v) is 23.2. The summed E-state index contributed by atoms with van der Waals surface area (Å²) in [6.07, 6.45) is 4.94. The van der Waals surface area contributed by atoms with Crippen molar-refractivity contribution in [1.82, 2.24) is 4.98 Å². The molecule has 3 heterocycles. The number of anilines is 3. The van der Waals surface area contributed by atoms with Crippen LogP contribution in [0.4, 0.5) is 17.3 Å². The van der Waals surface area contributed by atoms with Gasteiger partial charge >= 0.3 is 0 Å². The Morgan fingerprint density at radius 2 is 1.84 bits per heavy atom. The second kappa shape index (κ2) is 9.58. The van der Waals surface area contributed by atoms with Gasteiger partial charge in [0, 0.05) is 35.8 Å². The second-order valence-corrected chi connectivity index (χ2v) is 14.6. The van der Waals surface area contributed by atoms with E-state index in [1.54, 1.807) is 18.2 Å². The number of ether oxygens (including phenoxy) is 1. The van der Waals surface area contributed by atoms with Crippen LogP contribution in [0.3, 0.4) is 0 Å². The molecule has 9 heteroatoms. The lowest BCUT2D eigenvalue weighted by atomic mass is 9.93. The molecule has 0 radical (unpaired) electrons. The van der Waals surface area contributed by atoms with Gasteiger partial charge in [-0.15, -0.1) is 0 Å². The van der Waals surface area contributed by atoms with E-state index in [0.717, 1.165) is 50.5 Å². The maximum atomic E-state index is 13.6. The average Bonchev–Trinajstić information content (AvgIpc) is 3.62. The Morgan fingerprint density at radius 1 is 1.11 bits per heavy atom. The van der Waals surface area contributed by atoms with Crippen LogP contribution in [-0.2, 0) is 14.5 Å². The number of carbonyl (C=O) groups excluding carboxylic acids is 1. The minimum absolute atomic E-state index is 0.134. The summed E-state index contributed by atoms with van der Waals surface area (Å²) in [6.45, 7) is 11.4. The highest BCUT2D eigenvalue weighted by Crippen LogP contribution is 2.54. The monoisotopic (exact) mass is 525 g/mol. The zero-order chi connectivity index (χ0) is 26.4. The zero-order valence-electron chi connectivity index (χ0n) is 22.4. The summed E-state index contributed by atoms with van der Waals surface area (Å²) in [7, 11) is -3.06. The normalized spacial score (nSPS) is 23.0. The summed E-state index contributed by atoms with van der Waals surface area (Å²) in [5, 5.41) is 2.99. The maximum absolute atomic E-state index is 13.6. The maximum Gasteiger partial charge on any atom is 0.258 e. The van der Waals surface area contributed by atoms with Gasteiger partial charge in [0.2, 0.25) is 0 Å². The Bertz CT molecular complexity index is 1270. The second-order valence-electron chi connectivity index (χ2n) is 11.8. The van der Waals surface area contributed by atoms with E-state index < -0.39 is 14.5 Å². The lowest BCUT2D eigenvalue weighted by Gasteiger charge is -2.35. The minimum Gasteiger partial charge on any atom is -0.375 e. The van der Waals surface area contributed by atoms with E-state index in [0.29, 0.717) is 28.3 Å². The predicted octanol–water partition coefficient (Wildman–Crippen LogP) is 5.14. The van der Waals surface area contributed by atoms with Crippen LogP contribution in [0.2, 0.25) is 0 Å². The lowest BCUT2D eigenvalue weighted by Crippen LogP contribution is -2.41. The van der Waals surface area contributed by atoms with Gasteiger partial charge in [0.1, 0.15) is 11.6 Å².